The molecule has 5 unspecified atom stereocenters. The van der Waals surface area contributed by atoms with Gasteiger partial charge in [-0.3, -0.25) is 0 Å². The molecule has 0 amide bonds. The van der Waals surface area contributed by atoms with Crippen LogP contribution in [0.4, 0.5) is 0 Å². The van der Waals surface area contributed by atoms with E-state index in [1.54, 1.807) is 0 Å². The summed E-state index contributed by atoms with van der Waals surface area (Å²) in [7, 11) is 0. The van der Waals surface area contributed by atoms with Crippen LogP contribution in [0.2, 0.25) is 0 Å². The molecule has 0 saturated heterocycles. The third-order valence-corrected chi connectivity index (χ3v) is 8.66. The smallest absolute Gasteiger partial charge is 0.0729 e. The number of aliphatic hydroxyl groups excluding tert-OH is 2. The van der Waals surface area contributed by atoms with E-state index in [1.807, 2.05) is 6.08 Å². The average Bonchev–Trinajstić information content (AvgIpc) is 2.84. The lowest BCUT2D eigenvalue weighted by Gasteiger charge is -2.41. The Morgan fingerprint density at radius 3 is 1.67 bits per heavy atom. The second-order valence-corrected chi connectivity index (χ2v) is 14.3. The average molecular weight is 571 g/mol. The first kappa shape index (κ1) is 35.5. The largest absolute Gasteiger partial charge is 0.392 e. The van der Waals surface area contributed by atoms with Crippen LogP contribution >= 0.6 is 0 Å². The van der Waals surface area contributed by atoms with Gasteiger partial charge < -0.3 is 10.2 Å². The fourth-order valence-corrected chi connectivity index (χ4v) is 6.50. The summed E-state index contributed by atoms with van der Waals surface area (Å²) in [4.78, 5) is 0. The van der Waals surface area contributed by atoms with Crippen molar-refractivity contribution in [2.45, 2.75) is 101 Å². The van der Waals surface area contributed by atoms with Gasteiger partial charge in [0.25, 0.3) is 0 Å². The predicted molar refractivity (Wildman–Crippen MR) is 184 cm³/mol. The lowest BCUT2D eigenvalue weighted by atomic mass is 9.66. The van der Waals surface area contributed by atoms with Gasteiger partial charge in [-0.25, -0.2) is 0 Å². The van der Waals surface area contributed by atoms with Crippen LogP contribution in [0.3, 0.4) is 0 Å². The molecule has 2 rings (SSSR count). The molecule has 0 bridgehead atoms. The molecular weight excluding hydrogens is 512 g/mol. The highest BCUT2D eigenvalue weighted by Crippen LogP contribution is 2.43. The summed E-state index contributed by atoms with van der Waals surface area (Å²) in [6, 6.07) is 0. The second kappa shape index (κ2) is 16.2. The van der Waals surface area contributed by atoms with Crippen molar-refractivity contribution in [1.29, 1.82) is 0 Å². The van der Waals surface area contributed by atoms with Crippen molar-refractivity contribution in [1.82, 2.24) is 0 Å². The zero-order valence-corrected chi connectivity index (χ0v) is 28.1. The van der Waals surface area contributed by atoms with Gasteiger partial charge in [-0.05, 0) is 70.6 Å². The molecular formula is C40H58O2. The van der Waals surface area contributed by atoms with E-state index in [0.717, 1.165) is 19.3 Å². The minimum Gasteiger partial charge on any atom is -0.392 e. The fourth-order valence-electron chi connectivity index (χ4n) is 6.50. The van der Waals surface area contributed by atoms with Crippen LogP contribution in [0, 0.1) is 28.6 Å². The summed E-state index contributed by atoms with van der Waals surface area (Å²) in [5.41, 5.74) is 6.30. The second-order valence-electron chi connectivity index (χ2n) is 14.3. The van der Waals surface area contributed by atoms with Gasteiger partial charge in [0, 0.05) is 11.8 Å². The molecule has 0 aromatic heterocycles. The molecule has 0 aromatic rings. The third-order valence-electron chi connectivity index (χ3n) is 8.66. The number of aliphatic hydroxyl groups is 2. The topological polar surface area (TPSA) is 40.5 Å². The highest BCUT2D eigenvalue weighted by Gasteiger charge is 2.37. The van der Waals surface area contributed by atoms with Crippen molar-refractivity contribution in [2.75, 3.05) is 0 Å². The number of hydrogen-bond acceptors (Lipinski definition) is 2. The number of allylic oxidation sites excluding steroid dienone is 18. The molecule has 0 aliphatic heterocycles. The maximum Gasteiger partial charge on any atom is 0.0729 e. The highest BCUT2D eigenvalue weighted by atomic mass is 16.3. The Labute approximate surface area is 258 Å². The maximum absolute atomic E-state index is 10.6. The fraction of sp³-hybridized carbons (Fsp3) is 0.500. The van der Waals surface area contributed by atoms with E-state index >= 15 is 0 Å². The molecule has 2 heteroatoms. The van der Waals surface area contributed by atoms with Crippen LogP contribution in [0.25, 0.3) is 0 Å². The summed E-state index contributed by atoms with van der Waals surface area (Å²) in [6.07, 6.45) is 34.1. The Morgan fingerprint density at radius 2 is 1.17 bits per heavy atom. The van der Waals surface area contributed by atoms with Crippen molar-refractivity contribution in [3.8, 4) is 0 Å². The molecule has 0 radical (unpaired) electrons. The molecule has 5 atom stereocenters. The zero-order valence-electron chi connectivity index (χ0n) is 28.1. The Kier molecular flexibility index (Phi) is 13.7. The first-order valence-corrected chi connectivity index (χ1v) is 15.7. The van der Waals surface area contributed by atoms with Crippen molar-refractivity contribution < 1.29 is 10.2 Å². The minimum absolute atomic E-state index is 0.0580. The zero-order chi connectivity index (χ0) is 31.5. The molecule has 2 aliphatic rings. The Morgan fingerprint density at radius 1 is 0.690 bits per heavy atom. The van der Waals surface area contributed by atoms with E-state index in [-0.39, 0.29) is 29.0 Å². The summed E-state index contributed by atoms with van der Waals surface area (Å²) in [5.74, 6) is 1.08. The summed E-state index contributed by atoms with van der Waals surface area (Å²) in [6.45, 7) is 21.8. The SMILES string of the molecule is CC1=CC(O)CC(C)(C)C1/C=C/C(C)=C/C=C/C(C)=C/C=C/C=C(C)/C=C/C=C(C)/C=C\C1C(C)CC(C)(C)CC1O. The summed E-state index contributed by atoms with van der Waals surface area (Å²) < 4.78 is 0. The van der Waals surface area contributed by atoms with E-state index in [2.05, 4.69) is 154 Å². The maximum atomic E-state index is 10.6. The third kappa shape index (κ3) is 12.3. The highest BCUT2D eigenvalue weighted by molar-refractivity contribution is 5.32. The van der Waals surface area contributed by atoms with Crippen LogP contribution in [0.5, 0.6) is 0 Å². The predicted octanol–water partition coefficient (Wildman–Crippen LogP) is 10.3. The molecule has 0 spiro atoms. The van der Waals surface area contributed by atoms with Crippen LogP contribution in [-0.2, 0) is 0 Å². The Balaban J connectivity index is 1.86. The van der Waals surface area contributed by atoms with E-state index in [0.29, 0.717) is 11.8 Å². The lowest BCUT2D eigenvalue weighted by Crippen LogP contribution is -2.38. The van der Waals surface area contributed by atoms with E-state index in [4.69, 9.17) is 0 Å². The molecule has 1 saturated carbocycles. The van der Waals surface area contributed by atoms with E-state index in [1.165, 1.54) is 27.9 Å². The van der Waals surface area contributed by atoms with Crippen LogP contribution in [0.15, 0.2) is 119 Å². The molecule has 0 heterocycles. The van der Waals surface area contributed by atoms with Gasteiger partial charge in [-0.2, -0.15) is 0 Å². The van der Waals surface area contributed by atoms with Crippen LogP contribution in [0.1, 0.15) is 88.5 Å². The Bertz CT molecular complexity index is 1190. The van der Waals surface area contributed by atoms with Crippen LogP contribution in [-0.4, -0.2) is 22.4 Å². The standard InChI is InChI=1S/C40H58O2/c1-29(17-13-19-31(3)21-23-36-34(6)26-39(7,8)28-38(36)42)15-11-12-16-30(2)18-14-20-32(4)22-24-37-33(5)25-35(41)27-40(37,9)10/h11-25,34-38,41-42H,26-28H2,1-10H3/b12-11+,17-13+,18-14+,23-21-,24-22+,29-15+,30-16+,31-19+,32-20+. The minimum atomic E-state index is -0.330. The summed E-state index contributed by atoms with van der Waals surface area (Å²) >= 11 is 0. The number of rotatable bonds is 10. The molecule has 2 aliphatic carbocycles. The molecule has 0 aromatic carbocycles. The molecule has 2 N–H and O–H groups in total. The molecule has 230 valence electrons. The first-order valence-electron chi connectivity index (χ1n) is 15.7. The quantitative estimate of drug-likeness (QED) is 0.203. The molecule has 1 fully saturated rings. The Hall–Kier alpha value is -2.68. The molecule has 42 heavy (non-hydrogen) atoms. The van der Waals surface area contributed by atoms with Gasteiger partial charge >= 0.3 is 0 Å². The first-order chi connectivity index (χ1) is 19.6. The van der Waals surface area contributed by atoms with Crippen molar-refractivity contribution >= 4 is 0 Å². The molecule has 2 nitrogen and oxygen atoms in total. The lowest BCUT2D eigenvalue weighted by molar-refractivity contribution is 0.00365. The van der Waals surface area contributed by atoms with Crippen molar-refractivity contribution in [2.24, 2.45) is 28.6 Å². The van der Waals surface area contributed by atoms with E-state index < -0.39 is 0 Å². The van der Waals surface area contributed by atoms with Gasteiger partial charge in [0.15, 0.2) is 0 Å². The van der Waals surface area contributed by atoms with Gasteiger partial charge in [-0.1, -0.05) is 154 Å². The van der Waals surface area contributed by atoms with Crippen LogP contribution < -0.4 is 0 Å². The van der Waals surface area contributed by atoms with Gasteiger partial charge in [0.1, 0.15) is 0 Å². The van der Waals surface area contributed by atoms with Gasteiger partial charge in [0.05, 0.1) is 12.2 Å². The monoisotopic (exact) mass is 570 g/mol. The van der Waals surface area contributed by atoms with Gasteiger partial charge in [-0.15, -0.1) is 0 Å². The summed E-state index contributed by atoms with van der Waals surface area (Å²) in [5, 5.41) is 20.7. The van der Waals surface area contributed by atoms with E-state index in [9.17, 15) is 10.2 Å². The van der Waals surface area contributed by atoms with Gasteiger partial charge in [0.2, 0.25) is 0 Å². The normalized spacial score (nSPS) is 30.0. The van der Waals surface area contributed by atoms with Crippen molar-refractivity contribution in [3.05, 3.63) is 119 Å². The van der Waals surface area contributed by atoms with Crippen molar-refractivity contribution in [3.63, 3.8) is 0 Å². The number of hydrogen-bond donors (Lipinski definition) is 2.